The van der Waals surface area contributed by atoms with Crippen molar-refractivity contribution in [1.29, 1.82) is 0 Å². The minimum atomic E-state index is -3.67. The summed E-state index contributed by atoms with van der Waals surface area (Å²) < 4.78 is 38.1. The van der Waals surface area contributed by atoms with E-state index in [9.17, 15) is 18.0 Å². The van der Waals surface area contributed by atoms with Gasteiger partial charge in [0, 0.05) is 26.6 Å². The number of amides is 2. The summed E-state index contributed by atoms with van der Waals surface area (Å²) in [7, 11) is -2.09. The number of ether oxygens (including phenoxy) is 2. The zero-order valence-electron chi connectivity index (χ0n) is 20.0. The first-order chi connectivity index (χ1) is 17.3. The Kier molecular flexibility index (Phi) is 8.29. The van der Waals surface area contributed by atoms with Crippen molar-refractivity contribution in [2.24, 2.45) is 4.99 Å². The summed E-state index contributed by atoms with van der Waals surface area (Å²) in [4.78, 5) is 31.5. The van der Waals surface area contributed by atoms with Gasteiger partial charge in [0.1, 0.15) is 11.0 Å². The molecule has 192 valence electrons. The van der Waals surface area contributed by atoms with Crippen molar-refractivity contribution in [3.8, 4) is 5.75 Å². The van der Waals surface area contributed by atoms with Gasteiger partial charge >= 0.3 is 0 Å². The Bertz CT molecular complexity index is 1260. The van der Waals surface area contributed by atoms with Gasteiger partial charge in [-0.1, -0.05) is 30.0 Å². The minimum absolute atomic E-state index is 0.0429. The Morgan fingerprint density at radius 2 is 1.94 bits per heavy atom. The predicted octanol–water partition coefficient (Wildman–Crippen LogP) is 2.70. The number of morpholine rings is 1. The van der Waals surface area contributed by atoms with Crippen molar-refractivity contribution in [3.05, 3.63) is 48.5 Å². The van der Waals surface area contributed by atoms with Gasteiger partial charge in [-0.05, 0) is 37.3 Å². The SMILES string of the molecule is CCOc1ccccc1NC(=O)CC1SC(=Nc2cccc(S(=O)(=O)N3CCOCC3)c2)N(C)C1=O. The van der Waals surface area contributed by atoms with E-state index in [0.29, 0.717) is 55.2 Å². The van der Waals surface area contributed by atoms with Crippen LogP contribution < -0.4 is 10.1 Å². The first-order valence-electron chi connectivity index (χ1n) is 11.5. The van der Waals surface area contributed by atoms with E-state index >= 15 is 0 Å². The Morgan fingerprint density at radius 3 is 2.69 bits per heavy atom. The lowest BCUT2D eigenvalue weighted by molar-refractivity contribution is -0.127. The first-order valence-corrected chi connectivity index (χ1v) is 13.8. The zero-order valence-corrected chi connectivity index (χ0v) is 21.7. The first kappa shape index (κ1) is 26.1. The summed E-state index contributed by atoms with van der Waals surface area (Å²) in [6.45, 7) is 3.63. The third-order valence-corrected chi connectivity index (χ3v) is 8.75. The maximum atomic E-state index is 13.0. The van der Waals surface area contributed by atoms with Crippen LogP contribution in [0, 0.1) is 0 Å². The molecule has 2 aromatic rings. The summed E-state index contributed by atoms with van der Waals surface area (Å²) in [5.41, 5.74) is 0.947. The van der Waals surface area contributed by atoms with E-state index < -0.39 is 15.3 Å². The van der Waals surface area contributed by atoms with E-state index in [4.69, 9.17) is 9.47 Å². The van der Waals surface area contributed by atoms with Crippen LogP contribution in [-0.4, -0.2) is 79.8 Å². The topological polar surface area (TPSA) is 118 Å². The van der Waals surface area contributed by atoms with Gasteiger partial charge in [-0.2, -0.15) is 4.31 Å². The maximum Gasteiger partial charge on any atom is 0.243 e. The molecule has 0 spiro atoms. The van der Waals surface area contributed by atoms with Crippen molar-refractivity contribution in [3.63, 3.8) is 0 Å². The number of hydrogen-bond acceptors (Lipinski definition) is 8. The van der Waals surface area contributed by atoms with Crippen LogP contribution in [-0.2, 0) is 24.3 Å². The number of nitrogens with one attached hydrogen (secondary N) is 1. The zero-order chi connectivity index (χ0) is 25.7. The van der Waals surface area contributed by atoms with Crippen molar-refractivity contribution in [2.45, 2.75) is 23.5 Å². The van der Waals surface area contributed by atoms with E-state index in [1.54, 1.807) is 37.4 Å². The van der Waals surface area contributed by atoms with E-state index in [1.165, 1.54) is 33.1 Å². The van der Waals surface area contributed by atoms with Gasteiger partial charge in [0.25, 0.3) is 0 Å². The van der Waals surface area contributed by atoms with Crippen LogP contribution >= 0.6 is 11.8 Å². The molecule has 2 aliphatic rings. The number of amidine groups is 1. The molecule has 1 unspecified atom stereocenters. The number of thioether (sulfide) groups is 1. The molecule has 0 bridgehead atoms. The molecule has 0 aromatic heterocycles. The average Bonchev–Trinajstić information content (AvgIpc) is 3.13. The van der Waals surface area contributed by atoms with Crippen molar-refractivity contribution >= 4 is 50.1 Å². The molecule has 2 amide bonds. The lowest BCUT2D eigenvalue weighted by Crippen LogP contribution is -2.40. The number of nitrogens with zero attached hydrogens (tertiary/aromatic N) is 3. The molecular formula is C24H28N4O6S2. The van der Waals surface area contributed by atoms with Gasteiger partial charge in [0.05, 0.1) is 36.1 Å². The van der Waals surface area contributed by atoms with Gasteiger partial charge in [0.2, 0.25) is 21.8 Å². The highest BCUT2D eigenvalue weighted by Gasteiger charge is 2.37. The molecule has 2 aromatic carbocycles. The smallest absolute Gasteiger partial charge is 0.243 e. The van der Waals surface area contributed by atoms with Gasteiger partial charge < -0.3 is 14.8 Å². The normalized spacial score (nSPS) is 20.1. The molecule has 36 heavy (non-hydrogen) atoms. The monoisotopic (exact) mass is 532 g/mol. The van der Waals surface area contributed by atoms with Crippen LogP contribution in [0.25, 0.3) is 0 Å². The quantitative estimate of drug-likeness (QED) is 0.555. The molecule has 4 rings (SSSR count). The van der Waals surface area contributed by atoms with Crippen LogP contribution in [0.15, 0.2) is 58.4 Å². The van der Waals surface area contributed by atoms with Gasteiger partial charge in [-0.3, -0.25) is 14.5 Å². The number of sulfonamides is 1. The fraction of sp³-hybridized carbons (Fsp3) is 0.375. The number of carbonyl (C=O) groups is 2. The molecule has 0 aliphatic carbocycles. The summed E-state index contributed by atoms with van der Waals surface area (Å²) >= 11 is 1.17. The molecule has 0 saturated carbocycles. The fourth-order valence-electron chi connectivity index (χ4n) is 3.78. The Balaban J connectivity index is 1.46. The number of carbonyl (C=O) groups excluding carboxylic acids is 2. The number of anilines is 1. The standard InChI is InChI=1S/C24H28N4O6S2/c1-3-34-20-10-5-4-9-19(20)26-22(29)16-21-23(30)27(2)24(35-21)25-17-7-6-8-18(15-17)36(31,32)28-11-13-33-14-12-28/h4-10,15,21H,3,11-14,16H2,1-2H3,(H,26,29). The molecule has 2 fully saturated rings. The lowest BCUT2D eigenvalue weighted by Gasteiger charge is -2.26. The molecule has 2 saturated heterocycles. The second-order valence-electron chi connectivity index (χ2n) is 8.09. The van der Waals surface area contributed by atoms with Crippen molar-refractivity contribution in [1.82, 2.24) is 9.21 Å². The van der Waals surface area contributed by atoms with Gasteiger partial charge in [-0.25, -0.2) is 13.4 Å². The van der Waals surface area contributed by atoms with Crippen LogP contribution in [0.5, 0.6) is 5.75 Å². The van der Waals surface area contributed by atoms with Crippen molar-refractivity contribution < 1.29 is 27.5 Å². The number of rotatable bonds is 8. The predicted molar refractivity (Wildman–Crippen MR) is 138 cm³/mol. The molecule has 0 radical (unpaired) electrons. The summed E-state index contributed by atoms with van der Waals surface area (Å²) in [5.74, 6) is -0.00428. The summed E-state index contributed by atoms with van der Waals surface area (Å²) in [5, 5.41) is 2.56. The summed E-state index contributed by atoms with van der Waals surface area (Å²) in [6, 6.07) is 13.4. The molecule has 1 N–H and O–H groups in total. The average molecular weight is 533 g/mol. The van der Waals surface area contributed by atoms with Gasteiger partial charge in [-0.15, -0.1) is 0 Å². The minimum Gasteiger partial charge on any atom is -0.492 e. The number of para-hydroxylation sites is 2. The molecule has 2 heterocycles. The van der Waals surface area contributed by atoms with Crippen LogP contribution in [0.4, 0.5) is 11.4 Å². The lowest BCUT2D eigenvalue weighted by atomic mass is 10.2. The van der Waals surface area contributed by atoms with E-state index in [1.807, 2.05) is 13.0 Å². The highest BCUT2D eigenvalue weighted by Crippen LogP contribution is 2.32. The number of aliphatic imine (C=N–C) groups is 1. The van der Waals surface area contributed by atoms with Gasteiger partial charge in [0.15, 0.2) is 5.17 Å². The molecule has 10 nitrogen and oxygen atoms in total. The third-order valence-electron chi connectivity index (χ3n) is 5.62. The van der Waals surface area contributed by atoms with Crippen LogP contribution in [0.1, 0.15) is 13.3 Å². The second-order valence-corrected chi connectivity index (χ2v) is 11.2. The van der Waals surface area contributed by atoms with E-state index in [0.717, 1.165) is 0 Å². The molecule has 2 aliphatic heterocycles. The highest BCUT2D eigenvalue weighted by molar-refractivity contribution is 8.15. The summed E-state index contributed by atoms with van der Waals surface area (Å²) in [6.07, 6.45) is -0.0429. The molecular weight excluding hydrogens is 504 g/mol. The third kappa shape index (κ3) is 5.89. The Labute approximate surface area is 214 Å². The molecule has 1 atom stereocenters. The second kappa shape index (κ2) is 11.4. The number of benzene rings is 2. The highest BCUT2D eigenvalue weighted by atomic mass is 32.2. The largest absolute Gasteiger partial charge is 0.492 e. The van der Waals surface area contributed by atoms with Crippen LogP contribution in [0.2, 0.25) is 0 Å². The molecule has 12 heteroatoms. The number of hydrogen-bond donors (Lipinski definition) is 1. The van der Waals surface area contributed by atoms with Crippen LogP contribution in [0.3, 0.4) is 0 Å². The van der Waals surface area contributed by atoms with Crippen molar-refractivity contribution in [2.75, 3.05) is 45.3 Å². The van der Waals surface area contributed by atoms with E-state index in [2.05, 4.69) is 10.3 Å². The van der Waals surface area contributed by atoms with E-state index in [-0.39, 0.29) is 23.1 Å². The maximum absolute atomic E-state index is 13.0. The Hall–Kier alpha value is -2.93. The fourth-order valence-corrected chi connectivity index (χ4v) is 6.38. The Morgan fingerprint density at radius 1 is 1.19 bits per heavy atom.